The predicted octanol–water partition coefficient (Wildman–Crippen LogP) is 2.83. The monoisotopic (exact) mass is 278 g/mol. The minimum absolute atomic E-state index is 0.0200. The standard InChI is InChI=1S/C10H9BrF2O2/c1-2-15-9(14)5-6-7(12)3-4-8(13)10(6)11/h3-4H,2,5H2,1H3. The van der Waals surface area contributed by atoms with Crippen LogP contribution in [0.15, 0.2) is 16.6 Å². The maximum atomic E-state index is 13.2. The first-order valence-electron chi connectivity index (χ1n) is 4.34. The molecular formula is C10H9BrF2O2. The lowest BCUT2D eigenvalue weighted by atomic mass is 10.1. The number of esters is 1. The van der Waals surface area contributed by atoms with E-state index in [1.807, 2.05) is 0 Å². The van der Waals surface area contributed by atoms with Crippen LogP contribution in [-0.4, -0.2) is 12.6 Å². The lowest BCUT2D eigenvalue weighted by molar-refractivity contribution is -0.142. The Hall–Kier alpha value is -0.970. The zero-order valence-electron chi connectivity index (χ0n) is 8.02. The van der Waals surface area contributed by atoms with Crippen molar-refractivity contribution >= 4 is 21.9 Å². The van der Waals surface area contributed by atoms with Gasteiger partial charge in [-0.25, -0.2) is 8.78 Å². The summed E-state index contributed by atoms with van der Waals surface area (Å²) in [5, 5.41) is 0. The van der Waals surface area contributed by atoms with Crippen molar-refractivity contribution in [2.24, 2.45) is 0 Å². The molecule has 0 saturated carbocycles. The fraction of sp³-hybridized carbons (Fsp3) is 0.300. The Morgan fingerprint density at radius 1 is 1.40 bits per heavy atom. The van der Waals surface area contributed by atoms with Gasteiger partial charge in [0, 0.05) is 5.56 Å². The van der Waals surface area contributed by atoms with Crippen molar-refractivity contribution in [3.8, 4) is 0 Å². The van der Waals surface area contributed by atoms with E-state index in [4.69, 9.17) is 0 Å². The van der Waals surface area contributed by atoms with Gasteiger partial charge >= 0.3 is 5.97 Å². The van der Waals surface area contributed by atoms with E-state index in [1.165, 1.54) is 0 Å². The molecular weight excluding hydrogens is 270 g/mol. The number of ether oxygens (including phenoxy) is 1. The highest BCUT2D eigenvalue weighted by molar-refractivity contribution is 9.10. The minimum Gasteiger partial charge on any atom is -0.466 e. The molecule has 0 aromatic heterocycles. The van der Waals surface area contributed by atoms with Crippen LogP contribution >= 0.6 is 15.9 Å². The molecule has 82 valence electrons. The number of benzene rings is 1. The van der Waals surface area contributed by atoms with E-state index in [2.05, 4.69) is 20.7 Å². The second kappa shape index (κ2) is 5.21. The number of rotatable bonds is 3. The van der Waals surface area contributed by atoms with Crippen molar-refractivity contribution in [1.29, 1.82) is 0 Å². The van der Waals surface area contributed by atoms with Crippen molar-refractivity contribution in [2.75, 3.05) is 6.61 Å². The lowest BCUT2D eigenvalue weighted by Crippen LogP contribution is -2.10. The summed E-state index contributed by atoms with van der Waals surface area (Å²) in [7, 11) is 0. The van der Waals surface area contributed by atoms with Gasteiger partial charge in [0.15, 0.2) is 0 Å². The SMILES string of the molecule is CCOC(=O)Cc1c(F)ccc(F)c1Br. The Morgan fingerprint density at radius 3 is 2.60 bits per heavy atom. The predicted molar refractivity (Wildman–Crippen MR) is 54.4 cm³/mol. The average Bonchev–Trinajstić information content (AvgIpc) is 2.19. The molecule has 0 saturated heterocycles. The molecule has 2 nitrogen and oxygen atoms in total. The molecule has 5 heteroatoms. The Labute approximate surface area is 94.4 Å². The largest absolute Gasteiger partial charge is 0.466 e. The number of hydrogen-bond donors (Lipinski definition) is 0. The molecule has 0 radical (unpaired) electrons. The Bertz CT molecular complexity index is 380. The topological polar surface area (TPSA) is 26.3 Å². The molecule has 0 unspecified atom stereocenters. The van der Waals surface area contributed by atoms with Gasteiger partial charge in [0.05, 0.1) is 17.5 Å². The molecule has 0 bridgehead atoms. The molecule has 0 aliphatic carbocycles. The van der Waals surface area contributed by atoms with Gasteiger partial charge in [0.25, 0.3) is 0 Å². The molecule has 0 aliphatic heterocycles. The fourth-order valence-electron chi connectivity index (χ4n) is 1.09. The van der Waals surface area contributed by atoms with Gasteiger partial charge < -0.3 is 4.74 Å². The van der Waals surface area contributed by atoms with Gasteiger partial charge in [-0.3, -0.25) is 4.79 Å². The highest BCUT2D eigenvalue weighted by Gasteiger charge is 2.15. The maximum absolute atomic E-state index is 13.2. The van der Waals surface area contributed by atoms with Gasteiger partial charge in [-0.05, 0) is 35.0 Å². The van der Waals surface area contributed by atoms with Crippen LogP contribution in [0.4, 0.5) is 8.78 Å². The van der Waals surface area contributed by atoms with Crippen LogP contribution in [0.3, 0.4) is 0 Å². The van der Waals surface area contributed by atoms with E-state index in [1.54, 1.807) is 6.92 Å². The fourth-order valence-corrected chi connectivity index (χ4v) is 1.55. The van der Waals surface area contributed by atoms with Crippen molar-refractivity contribution in [3.05, 3.63) is 33.8 Å². The molecule has 0 N–H and O–H groups in total. The molecule has 15 heavy (non-hydrogen) atoms. The third-order valence-electron chi connectivity index (χ3n) is 1.77. The molecule has 0 spiro atoms. The summed E-state index contributed by atoms with van der Waals surface area (Å²) < 4.78 is 30.9. The van der Waals surface area contributed by atoms with Crippen LogP contribution < -0.4 is 0 Å². The molecule has 0 heterocycles. The smallest absolute Gasteiger partial charge is 0.310 e. The minimum atomic E-state index is -0.628. The summed E-state index contributed by atoms with van der Waals surface area (Å²) in [6.07, 6.45) is -0.280. The molecule has 0 aliphatic rings. The first-order valence-corrected chi connectivity index (χ1v) is 5.13. The van der Waals surface area contributed by atoms with Crippen molar-refractivity contribution in [2.45, 2.75) is 13.3 Å². The summed E-state index contributed by atoms with van der Waals surface area (Å²) in [6.45, 7) is 1.86. The number of hydrogen-bond acceptors (Lipinski definition) is 2. The zero-order chi connectivity index (χ0) is 11.4. The zero-order valence-corrected chi connectivity index (χ0v) is 9.61. The quantitative estimate of drug-likeness (QED) is 0.628. The van der Waals surface area contributed by atoms with E-state index in [0.29, 0.717) is 0 Å². The van der Waals surface area contributed by atoms with Crippen LogP contribution in [0, 0.1) is 11.6 Å². The summed E-state index contributed by atoms with van der Waals surface area (Å²) in [5.74, 6) is -1.81. The van der Waals surface area contributed by atoms with Crippen LogP contribution in [0.25, 0.3) is 0 Å². The van der Waals surface area contributed by atoms with Gasteiger partial charge in [-0.2, -0.15) is 0 Å². The summed E-state index contributed by atoms with van der Waals surface area (Å²) >= 11 is 2.89. The molecule has 1 rings (SSSR count). The summed E-state index contributed by atoms with van der Waals surface area (Å²) in [4.78, 5) is 11.1. The number of carbonyl (C=O) groups is 1. The van der Waals surface area contributed by atoms with Gasteiger partial charge in [0.1, 0.15) is 11.6 Å². The van der Waals surface area contributed by atoms with Crippen LogP contribution in [0.1, 0.15) is 12.5 Å². The molecule has 0 atom stereocenters. The molecule has 0 fully saturated rings. The third kappa shape index (κ3) is 2.99. The number of carbonyl (C=O) groups excluding carboxylic acids is 1. The van der Waals surface area contributed by atoms with Crippen LogP contribution in [0.5, 0.6) is 0 Å². The average molecular weight is 279 g/mol. The van der Waals surface area contributed by atoms with E-state index in [0.717, 1.165) is 12.1 Å². The van der Waals surface area contributed by atoms with Crippen LogP contribution in [0.2, 0.25) is 0 Å². The third-order valence-corrected chi connectivity index (χ3v) is 2.62. The van der Waals surface area contributed by atoms with Gasteiger partial charge in [0.2, 0.25) is 0 Å². The van der Waals surface area contributed by atoms with E-state index in [-0.39, 0.29) is 23.1 Å². The Balaban J connectivity index is 2.93. The summed E-state index contributed by atoms with van der Waals surface area (Å²) in [5.41, 5.74) is -0.0200. The first kappa shape index (κ1) is 12.1. The maximum Gasteiger partial charge on any atom is 0.310 e. The summed E-state index contributed by atoms with van der Waals surface area (Å²) in [6, 6.07) is 1.97. The van der Waals surface area contributed by atoms with E-state index < -0.39 is 17.6 Å². The van der Waals surface area contributed by atoms with Crippen molar-refractivity contribution in [1.82, 2.24) is 0 Å². The molecule has 0 amide bonds. The van der Waals surface area contributed by atoms with Crippen molar-refractivity contribution in [3.63, 3.8) is 0 Å². The van der Waals surface area contributed by atoms with E-state index in [9.17, 15) is 13.6 Å². The van der Waals surface area contributed by atoms with Gasteiger partial charge in [-0.1, -0.05) is 0 Å². The second-order valence-electron chi connectivity index (χ2n) is 2.80. The Morgan fingerprint density at radius 2 is 2.00 bits per heavy atom. The highest BCUT2D eigenvalue weighted by Crippen LogP contribution is 2.24. The lowest BCUT2D eigenvalue weighted by Gasteiger charge is -2.06. The van der Waals surface area contributed by atoms with Crippen molar-refractivity contribution < 1.29 is 18.3 Å². The normalized spacial score (nSPS) is 10.1. The van der Waals surface area contributed by atoms with E-state index >= 15 is 0 Å². The number of halogens is 3. The highest BCUT2D eigenvalue weighted by atomic mass is 79.9. The molecule has 1 aromatic rings. The first-order chi connectivity index (χ1) is 7.06. The Kier molecular flexibility index (Phi) is 4.20. The second-order valence-corrected chi connectivity index (χ2v) is 3.60. The van der Waals surface area contributed by atoms with Gasteiger partial charge in [-0.15, -0.1) is 0 Å². The van der Waals surface area contributed by atoms with Crippen LogP contribution in [-0.2, 0) is 16.0 Å². The molecule has 1 aromatic carbocycles.